The molecule has 0 bridgehead atoms. The first-order chi connectivity index (χ1) is 26.1. The number of piperidine rings is 1. The summed E-state index contributed by atoms with van der Waals surface area (Å²) in [4.78, 5) is 58.3. The van der Waals surface area contributed by atoms with Crippen LogP contribution in [0.5, 0.6) is 5.75 Å². The third-order valence-electron chi connectivity index (χ3n) is 11.2. The molecule has 0 aliphatic carbocycles. The molecule has 320 valence electrons. The van der Waals surface area contributed by atoms with Gasteiger partial charge < -0.3 is 33.0 Å². The Bertz CT molecular complexity index is 1660. The van der Waals surface area contributed by atoms with E-state index in [4.69, 9.17) is 28.1 Å². The lowest BCUT2D eigenvalue weighted by atomic mass is 9.94. The van der Waals surface area contributed by atoms with Crippen molar-refractivity contribution in [1.29, 1.82) is 0 Å². The highest BCUT2D eigenvalue weighted by Gasteiger charge is 2.45. The van der Waals surface area contributed by atoms with E-state index >= 15 is 0 Å². The average Bonchev–Trinajstić information content (AvgIpc) is 3.37. The lowest BCUT2D eigenvalue weighted by Crippen LogP contribution is -2.46. The van der Waals surface area contributed by atoms with Crippen molar-refractivity contribution in [2.45, 2.75) is 176 Å². The molecule has 13 heteroatoms. The van der Waals surface area contributed by atoms with Gasteiger partial charge in [0.05, 0.1) is 11.8 Å². The highest BCUT2D eigenvalue weighted by atomic mass is 28.4. The van der Waals surface area contributed by atoms with E-state index in [2.05, 4.69) is 33.9 Å². The summed E-state index contributed by atoms with van der Waals surface area (Å²) in [7, 11) is -2.57. The molecule has 2 fully saturated rings. The van der Waals surface area contributed by atoms with Gasteiger partial charge in [-0.2, -0.15) is 0 Å². The molecule has 0 saturated carbocycles. The van der Waals surface area contributed by atoms with Crippen LogP contribution in [0.4, 0.5) is 15.3 Å². The van der Waals surface area contributed by atoms with E-state index in [1.165, 1.54) is 6.08 Å². The molecule has 2 saturated heterocycles. The number of esters is 1. The Balaban J connectivity index is 1.83. The summed E-state index contributed by atoms with van der Waals surface area (Å²) in [5, 5.41) is -0.213. The van der Waals surface area contributed by atoms with Gasteiger partial charge in [-0.15, -0.1) is 0 Å². The molecule has 1 aromatic carbocycles. The van der Waals surface area contributed by atoms with Crippen LogP contribution in [0.15, 0.2) is 24.3 Å². The molecule has 57 heavy (non-hydrogen) atoms. The van der Waals surface area contributed by atoms with Crippen LogP contribution in [0.1, 0.15) is 132 Å². The van der Waals surface area contributed by atoms with E-state index in [1.807, 2.05) is 61.5 Å². The van der Waals surface area contributed by atoms with Crippen molar-refractivity contribution < 1.29 is 47.3 Å². The number of amides is 2. The first kappa shape index (κ1) is 46.3. The van der Waals surface area contributed by atoms with Crippen molar-refractivity contribution in [2.24, 2.45) is 11.8 Å². The average molecular weight is 815 g/mol. The van der Waals surface area contributed by atoms with Crippen LogP contribution in [0.2, 0.25) is 18.1 Å². The van der Waals surface area contributed by atoms with Crippen LogP contribution >= 0.6 is 0 Å². The maximum absolute atomic E-state index is 14.4. The van der Waals surface area contributed by atoms with Crippen molar-refractivity contribution in [3.05, 3.63) is 35.4 Å². The molecule has 4 rings (SSSR count). The van der Waals surface area contributed by atoms with E-state index in [0.29, 0.717) is 74.3 Å². The number of fused-ring (bicyclic) bond motifs is 2. The van der Waals surface area contributed by atoms with Crippen LogP contribution in [-0.2, 0) is 34.9 Å². The molecular formula is C44H70N2O10Si. The number of hydrogen-bond donors (Lipinski definition) is 0. The quantitative estimate of drug-likeness (QED) is 0.161. The van der Waals surface area contributed by atoms with E-state index < -0.39 is 55.7 Å². The van der Waals surface area contributed by atoms with Gasteiger partial charge in [0.1, 0.15) is 34.7 Å². The van der Waals surface area contributed by atoms with Gasteiger partial charge in [-0.25, -0.2) is 14.4 Å². The zero-order chi connectivity index (χ0) is 42.9. The van der Waals surface area contributed by atoms with Crippen molar-refractivity contribution in [1.82, 2.24) is 4.90 Å². The molecule has 4 atom stereocenters. The summed E-state index contributed by atoms with van der Waals surface area (Å²) < 4.78 is 37.2. The van der Waals surface area contributed by atoms with Gasteiger partial charge in [-0.05, 0) is 136 Å². The van der Waals surface area contributed by atoms with Crippen molar-refractivity contribution in [3.8, 4) is 5.75 Å². The summed E-state index contributed by atoms with van der Waals surface area (Å²) in [5.74, 6) is -1.52. The topological polar surface area (TPSA) is 130 Å². The first-order valence-electron chi connectivity index (χ1n) is 20.7. The van der Waals surface area contributed by atoms with E-state index in [-0.39, 0.29) is 28.8 Å². The summed E-state index contributed by atoms with van der Waals surface area (Å²) in [6.45, 7) is 30.3. The minimum Gasteiger partial charge on any atom is -0.543 e. The maximum atomic E-state index is 14.4. The molecule has 0 unspecified atom stereocenters. The van der Waals surface area contributed by atoms with Crippen LogP contribution in [0.25, 0.3) is 0 Å². The molecule has 0 aromatic heterocycles. The molecule has 3 aliphatic heterocycles. The predicted octanol–water partition coefficient (Wildman–Crippen LogP) is 9.62. The van der Waals surface area contributed by atoms with Gasteiger partial charge in [-0.3, -0.25) is 9.69 Å². The number of rotatable bonds is 5. The summed E-state index contributed by atoms with van der Waals surface area (Å²) in [6, 6.07) is 3.68. The van der Waals surface area contributed by atoms with Gasteiger partial charge in [0.2, 0.25) is 0 Å². The maximum Gasteiger partial charge on any atom is 0.414 e. The molecule has 3 aliphatic rings. The Labute approximate surface area is 342 Å². The second-order valence-corrected chi connectivity index (χ2v) is 24.8. The predicted molar refractivity (Wildman–Crippen MR) is 223 cm³/mol. The van der Waals surface area contributed by atoms with Gasteiger partial charge in [0.25, 0.3) is 8.32 Å². The minimum absolute atomic E-state index is 0.0485. The van der Waals surface area contributed by atoms with Crippen molar-refractivity contribution in [3.63, 3.8) is 0 Å². The number of carbonyl (C=O) groups excluding carboxylic acids is 4. The molecule has 0 N–H and O–H groups in total. The molecule has 3 heterocycles. The fourth-order valence-electron chi connectivity index (χ4n) is 6.85. The van der Waals surface area contributed by atoms with Crippen molar-refractivity contribution in [2.75, 3.05) is 24.5 Å². The second kappa shape index (κ2) is 17.4. The van der Waals surface area contributed by atoms with Gasteiger partial charge in [0, 0.05) is 31.6 Å². The molecule has 0 spiro atoms. The second-order valence-electron chi connectivity index (χ2n) is 20.1. The molecule has 1 aromatic rings. The number of aryl methyl sites for hydroxylation is 1. The standard InChI is InChI=1S/C44H70N2O10Si/c1-28-19-20-33(47)37-34(52-44(12,13)53-37)18-16-17-31-25-32(26-35(36(31)38(48)51-29(28)2)56-57(14,15)43(9,10)11)46(40(50)55-42(6,7)8)27-30-21-23-45(24-22-30)39(49)54-41(3,4)5/h19-20,25-26,28-30,34,37H,16-18,21-24,27H2,1-15H3/t28-,29+,34+,37-/m1/s1. The molecule has 12 nitrogen and oxygen atoms in total. The highest BCUT2D eigenvalue weighted by Crippen LogP contribution is 2.42. The molecule has 2 amide bonds. The number of ketones is 1. The minimum atomic E-state index is -2.57. The Morgan fingerprint density at radius 1 is 0.912 bits per heavy atom. The van der Waals surface area contributed by atoms with Crippen LogP contribution in [0, 0.1) is 11.8 Å². The van der Waals surface area contributed by atoms with Crippen LogP contribution < -0.4 is 9.33 Å². The van der Waals surface area contributed by atoms with Crippen molar-refractivity contribution >= 4 is 37.9 Å². The largest absolute Gasteiger partial charge is 0.543 e. The Morgan fingerprint density at radius 3 is 2.11 bits per heavy atom. The third kappa shape index (κ3) is 12.5. The van der Waals surface area contributed by atoms with Crippen LogP contribution in [-0.4, -0.2) is 92.1 Å². The Kier molecular flexibility index (Phi) is 14.1. The number of hydrogen-bond acceptors (Lipinski definition) is 10. The normalized spacial score (nSPS) is 24.2. The number of anilines is 1. The SMILES string of the molecule is C[C@@H]1C=CC(=O)[C@H]2OC(C)(C)O[C@H]2CCCc2cc(N(CC3CCN(C(=O)OC(C)(C)C)CC3)C(=O)OC(C)(C)C)cc(O[Si](C)(C)C(C)(C)C)c2C(=O)O[C@H]1C. The number of cyclic esters (lactones) is 1. The number of benzene rings is 1. The smallest absolute Gasteiger partial charge is 0.414 e. The van der Waals surface area contributed by atoms with Gasteiger partial charge in [0.15, 0.2) is 11.6 Å². The zero-order valence-corrected chi connectivity index (χ0v) is 38.3. The zero-order valence-electron chi connectivity index (χ0n) is 37.3. The van der Waals surface area contributed by atoms with E-state index in [0.717, 1.165) is 0 Å². The van der Waals surface area contributed by atoms with Gasteiger partial charge >= 0.3 is 18.2 Å². The first-order valence-corrected chi connectivity index (χ1v) is 23.6. The third-order valence-corrected chi connectivity index (χ3v) is 15.5. The fraction of sp³-hybridized carbons (Fsp3) is 0.727. The highest BCUT2D eigenvalue weighted by molar-refractivity contribution is 6.74. The fourth-order valence-corrected chi connectivity index (χ4v) is 7.87. The summed E-state index contributed by atoms with van der Waals surface area (Å²) in [5.41, 5.74) is 0.153. The van der Waals surface area contributed by atoms with Crippen LogP contribution in [0.3, 0.4) is 0 Å². The summed E-state index contributed by atoms with van der Waals surface area (Å²) in [6.07, 6.45) is 3.34. The number of carbonyl (C=O) groups is 4. The number of ether oxygens (including phenoxy) is 5. The number of nitrogens with zero attached hydrogens (tertiary/aromatic N) is 2. The monoisotopic (exact) mass is 814 g/mol. The lowest BCUT2D eigenvalue weighted by Gasteiger charge is -2.38. The summed E-state index contributed by atoms with van der Waals surface area (Å²) >= 11 is 0. The molecular weight excluding hydrogens is 745 g/mol. The Hall–Kier alpha value is -3.42. The molecule has 0 radical (unpaired) electrons. The van der Waals surface area contributed by atoms with Gasteiger partial charge in [-0.1, -0.05) is 33.8 Å². The Morgan fingerprint density at radius 2 is 1.53 bits per heavy atom. The van der Waals surface area contributed by atoms with E-state index in [9.17, 15) is 19.2 Å². The van der Waals surface area contributed by atoms with E-state index in [1.54, 1.807) is 35.8 Å². The number of likely N-dealkylation sites (tertiary alicyclic amines) is 1. The lowest BCUT2D eigenvalue weighted by molar-refractivity contribution is -0.153.